The molecule has 0 aromatic heterocycles. The Balaban J connectivity index is 1.76. The van der Waals surface area contributed by atoms with Crippen molar-refractivity contribution in [3.63, 3.8) is 0 Å². The van der Waals surface area contributed by atoms with Gasteiger partial charge in [-0.2, -0.15) is 0 Å². The van der Waals surface area contributed by atoms with Crippen molar-refractivity contribution in [1.82, 2.24) is 10.2 Å². The van der Waals surface area contributed by atoms with E-state index in [4.69, 9.17) is 11.6 Å². The molecule has 1 aliphatic carbocycles. The third-order valence-corrected chi connectivity index (χ3v) is 5.41. The van der Waals surface area contributed by atoms with E-state index in [-0.39, 0.29) is 5.91 Å². The Morgan fingerprint density at radius 1 is 1.33 bits per heavy atom. The van der Waals surface area contributed by atoms with E-state index < -0.39 is 0 Å². The highest BCUT2D eigenvalue weighted by atomic mass is 127. The van der Waals surface area contributed by atoms with Gasteiger partial charge in [-0.25, -0.2) is 0 Å². The van der Waals surface area contributed by atoms with Gasteiger partial charge in [-0.05, 0) is 73.0 Å². The molecule has 1 saturated heterocycles. The summed E-state index contributed by atoms with van der Waals surface area (Å²) in [6.45, 7) is 1.90. The zero-order valence-corrected chi connectivity index (χ0v) is 14.9. The van der Waals surface area contributed by atoms with Crippen LogP contribution in [0.4, 0.5) is 0 Å². The second-order valence-corrected chi connectivity index (χ2v) is 7.56. The number of hydrogen-bond donors (Lipinski definition) is 1. The fourth-order valence-electron chi connectivity index (χ4n) is 2.92. The van der Waals surface area contributed by atoms with Gasteiger partial charge in [0.25, 0.3) is 5.91 Å². The molecule has 1 unspecified atom stereocenters. The van der Waals surface area contributed by atoms with E-state index in [1.165, 1.54) is 19.3 Å². The van der Waals surface area contributed by atoms with Crippen molar-refractivity contribution in [3.8, 4) is 0 Å². The van der Waals surface area contributed by atoms with Crippen LogP contribution in [0.15, 0.2) is 18.2 Å². The van der Waals surface area contributed by atoms with Crippen LogP contribution in [0.25, 0.3) is 0 Å². The molecular weight excluding hydrogens is 399 g/mol. The van der Waals surface area contributed by atoms with E-state index in [1.807, 2.05) is 12.1 Å². The van der Waals surface area contributed by atoms with Crippen LogP contribution in [-0.2, 0) is 0 Å². The molecule has 1 aliphatic heterocycles. The van der Waals surface area contributed by atoms with E-state index in [0.717, 1.165) is 35.1 Å². The fraction of sp³-hybridized carbons (Fsp3) is 0.562. The molecule has 3 rings (SSSR count). The molecule has 1 atom stereocenters. The third-order valence-electron chi connectivity index (χ3n) is 4.24. The molecule has 2 aliphatic rings. The maximum absolute atomic E-state index is 12.9. The zero-order valence-electron chi connectivity index (χ0n) is 11.9. The minimum absolute atomic E-state index is 0.136. The van der Waals surface area contributed by atoms with Crippen molar-refractivity contribution in [2.75, 3.05) is 13.1 Å². The standard InChI is InChI=1S/C16H20ClIN2O/c17-11-4-7-15(18)14(9-11)16(21)20(13-5-6-13)10-12-3-1-2-8-19-12/h4,7,9,12-13,19H,1-3,5-6,8,10H2. The van der Waals surface area contributed by atoms with Crippen molar-refractivity contribution in [3.05, 3.63) is 32.4 Å². The number of benzene rings is 1. The highest BCUT2D eigenvalue weighted by molar-refractivity contribution is 14.1. The van der Waals surface area contributed by atoms with Gasteiger partial charge in [-0.1, -0.05) is 18.0 Å². The lowest BCUT2D eigenvalue weighted by atomic mass is 10.0. The van der Waals surface area contributed by atoms with Crippen molar-refractivity contribution in [1.29, 1.82) is 0 Å². The predicted octanol–water partition coefficient (Wildman–Crippen LogP) is 3.69. The number of halogens is 2. The van der Waals surface area contributed by atoms with Gasteiger partial charge >= 0.3 is 0 Å². The Labute approximate surface area is 144 Å². The minimum Gasteiger partial charge on any atom is -0.334 e. The number of amides is 1. The summed E-state index contributed by atoms with van der Waals surface area (Å²) in [5.41, 5.74) is 0.741. The van der Waals surface area contributed by atoms with Crippen LogP contribution < -0.4 is 5.32 Å². The molecule has 1 aromatic carbocycles. The normalized spacial score (nSPS) is 22.1. The Hall–Kier alpha value is -0.330. The summed E-state index contributed by atoms with van der Waals surface area (Å²) in [5, 5.41) is 4.17. The van der Waals surface area contributed by atoms with E-state index in [2.05, 4.69) is 32.8 Å². The molecule has 0 bridgehead atoms. The van der Waals surface area contributed by atoms with Crippen molar-refractivity contribution >= 4 is 40.1 Å². The second-order valence-electron chi connectivity index (χ2n) is 5.96. The largest absolute Gasteiger partial charge is 0.334 e. The maximum atomic E-state index is 12.9. The van der Waals surface area contributed by atoms with E-state index in [0.29, 0.717) is 17.1 Å². The average molecular weight is 419 g/mol. The van der Waals surface area contributed by atoms with Gasteiger partial charge < -0.3 is 10.2 Å². The summed E-state index contributed by atoms with van der Waals surface area (Å²) in [7, 11) is 0. The Bertz CT molecular complexity index is 527. The average Bonchev–Trinajstić information content (AvgIpc) is 3.32. The monoisotopic (exact) mass is 418 g/mol. The summed E-state index contributed by atoms with van der Waals surface area (Å²) < 4.78 is 0.976. The van der Waals surface area contributed by atoms with Crippen LogP contribution in [-0.4, -0.2) is 36.0 Å². The van der Waals surface area contributed by atoms with Gasteiger partial charge in [-0.3, -0.25) is 4.79 Å². The van der Waals surface area contributed by atoms with Crippen LogP contribution in [0, 0.1) is 3.57 Å². The van der Waals surface area contributed by atoms with Crippen LogP contribution in [0.2, 0.25) is 5.02 Å². The van der Waals surface area contributed by atoms with Crippen molar-refractivity contribution in [2.45, 2.75) is 44.2 Å². The summed E-state index contributed by atoms with van der Waals surface area (Å²) >= 11 is 8.28. The number of nitrogens with zero attached hydrogens (tertiary/aromatic N) is 1. The Kier molecular flexibility index (Phi) is 5.07. The number of rotatable bonds is 4. The molecule has 21 heavy (non-hydrogen) atoms. The first-order valence-electron chi connectivity index (χ1n) is 7.64. The third kappa shape index (κ3) is 3.90. The molecule has 1 amide bonds. The van der Waals surface area contributed by atoms with Gasteiger partial charge in [0.1, 0.15) is 0 Å². The van der Waals surface area contributed by atoms with Gasteiger partial charge in [0.15, 0.2) is 0 Å². The Morgan fingerprint density at radius 2 is 2.14 bits per heavy atom. The number of hydrogen-bond acceptors (Lipinski definition) is 2. The SMILES string of the molecule is O=C(c1cc(Cl)ccc1I)N(CC1CCCCN1)C1CC1. The molecule has 1 heterocycles. The van der Waals surface area contributed by atoms with Crippen LogP contribution >= 0.6 is 34.2 Å². The molecule has 2 fully saturated rings. The lowest BCUT2D eigenvalue weighted by Crippen LogP contribution is -2.46. The summed E-state index contributed by atoms with van der Waals surface area (Å²) in [5.74, 6) is 0.136. The van der Waals surface area contributed by atoms with Crippen molar-refractivity contribution in [2.24, 2.45) is 0 Å². The highest BCUT2D eigenvalue weighted by Gasteiger charge is 2.35. The van der Waals surface area contributed by atoms with Crippen LogP contribution in [0.3, 0.4) is 0 Å². The van der Waals surface area contributed by atoms with Gasteiger partial charge in [0, 0.05) is 27.2 Å². The quantitative estimate of drug-likeness (QED) is 0.756. The molecule has 114 valence electrons. The zero-order chi connectivity index (χ0) is 14.8. The Morgan fingerprint density at radius 3 is 2.81 bits per heavy atom. The van der Waals surface area contributed by atoms with Crippen LogP contribution in [0.5, 0.6) is 0 Å². The predicted molar refractivity (Wildman–Crippen MR) is 93.9 cm³/mol. The molecule has 0 spiro atoms. The van der Waals surface area contributed by atoms with E-state index in [1.54, 1.807) is 6.07 Å². The fourth-order valence-corrected chi connectivity index (χ4v) is 3.66. The summed E-state index contributed by atoms with van der Waals surface area (Å²) in [6.07, 6.45) is 5.95. The maximum Gasteiger partial charge on any atom is 0.255 e. The van der Waals surface area contributed by atoms with E-state index in [9.17, 15) is 4.79 Å². The first-order valence-corrected chi connectivity index (χ1v) is 9.10. The summed E-state index contributed by atoms with van der Waals surface area (Å²) in [6, 6.07) is 6.43. The molecule has 1 N–H and O–H groups in total. The van der Waals surface area contributed by atoms with Gasteiger partial charge in [0.2, 0.25) is 0 Å². The lowest BCUT2D eigenvalue weighted by Gasteiger charge is -2.31. The molecule has 1 saturated carbocycles. The topological polar surface area (TPSA) is 32.3 Å². The number of nitrogens with one attached hydrogen (secondary N) is 1. The second kappa shape index (κ2) is 6.84. The lowest BCUT2D eigenvalue weighted by molar-refractivity contribution is 0.0717. The summed E-state index contributed by atoms with van der Waals surface area (Å²) in [4.78, 5) is 15.0. The van der Waals surface area contributed by atoms with Gasteiger partial charge in [0.05, 0.1) is 5.56 Å². The van der Waals surface area contributed by atoms with Gasteiger partial charge in [-0.15, -0.1) is 0 Å². The smallest absolute Gasteiger partial charge is 0.255 e. The molecule has 5 heteroatoms. The molecular formula is C16H20ClIN2O. The molecule has 1 aromatic rings. The number of carbonyl (C=O) groups excluding carboxylic acids is 1. The minimum atomic E-state index is 0.136. The molecule has 3 nitrogen and oxygen atoms in total. The molecule has 0 radical (unpaired) electrons. The first kappa shape index (κ1) is 15.6. The highest BCUT2D eigenvalue weighted by Crippen LogP contribution is 2.30. The van der Waals surface area contributed by atoms with Crippen molar-refractivity contribution < 1.29 is 4.79 Å². The first-order chi connectivity index (χ1) is 10.1. The number of carbonyl (C=O) groups is 1. The van der Waals surface area contributed by atoms with Crippen LogP contribution in [0.1, 0.15) is 42.5 Å². The van der Waals surface area contributed by atoms with E-state index >= 15 is 0 Å². The number of piperidine rings is 1.